The Balaban J connectivity index is 2.23. The SMILES string of the molecule is Cc1ccc(-c2ccc(C(O)=CC(=O)C(F)(F)F)cc2)cc1. The minimum absolute atomic E-state index is 0.147. The number of hydrogen-bond acceptors (Lipinski definition) is 2. The van der Waals surface area contributed by atoms with Crippen LogP contribution in [0.25, 0.3) is 16.9 Å². The van der Waals surface area contributed by atoms with Crippen LogP contribution in [0.15, 0.2) is 54.6 Å². The first-order valence-corrected chi connectivity index (χ1v) is 6.46. The molecule has 2 nitrogen and oxygen atoms in total. The second-order valence-corrected chi connectivity index (χ2v) is 4.83. The highest BCUT2D eigenvalue weighted by Gasteiger charge is 2.36. The number of benzene rings is 2. The minimum Gasteiger partial charge on any atom is -0.507 e. The molecule has 2 aromatic rings. The molecule has 2 rings (SSSR count). The number of hydrogen-bond donors (Lipinski definition) is 1. The van der Waals surface area contributed by atoms with Crippen LogP contribution in [-0.2, 0) is 4.79 Å². The molecule has 0 heterocycles. The van der Waals surface area contributed by atoms with Crippen molar-refractivity contribution in [2.45, 2.75) is 13.1 Å². The van der Waals surface area contributed by atoms with Gasteiger partial charge in [-0.25, -0.2) is 0 Å². The number of rotatable bonds is 3. The van der Waals surface area contributed by atoms with Crippen molar-refractivity contribution in [2.24, 2.45) is 0 Å². The van der Waals surface area contributed by atoms with Crippen LogP contribution in [0.3, 0.4) is 0 Å². The molecule has 0 amide bonds. The Labute approximate surface area is 125 Å². The van der Waals surface area contributed by atoms with E-state index in [1.165, 1.54) is 12.1 Å². The van der Waals surface area contributed by atoms with Crippen LogP contribution in [0.1, 0.15) is 11.1 Å². The molecule has 0 aliphatic carbocycles. The fourth-order valence-corrected chi connectivity index (χ4v) is 1.87. The van der Waals surface area contributed by atoms with Gasteiger partial charge < -0.3 is 5.11 Å². The summed E-state index contributed by atoms with van der Waals surface area (Å²) in [6.45, 7) is 1.97. The average Bonchev–Trinajstić information content (AvgIpc) is 2.47. The van der Waals surface area contributed by atoms with Crippen molar-refractivity contribution >= 4 is 11.5 Å². The molecule has 0 fully saturated rings. The molecule has 0 aliphatic rings. The third-order valence-electron chi connectivity index (χ3n) is 3.11. The van der Waals surface area contributed by atoms with Gasteiger partial charge in [0, 0.05) is 11.6 Å². The largest absolute Gasteiger partial charge is 0.507 e. The van der Waals surface area contributed by atoms with Gasteiger partial charge in [-0.15, -0.1) is 0 Å². The monoisotopic (exact) mass is 306 g/mol. The molecule has 22 heavy (non-hydrogen) atoms. The normalized spacial score (nSPS) is 12.3. The van der Waals surface area contributed by atoms with Gasteiger partial charge in [-0.1, -0.05) is 54.1 Å². The Hall–Kier alpha value is -2.56. The maximum Gasteiger partial charge on any atom is 0.454 e. The van der Waals surface area contributed by atoms with E-state index >= 15 is 0 Å². The highest BCUT2D eigenvalue weighted by Crippen LogP contribution is 2.23. The predicted molar refractivity (Wildman–Crippen MR) is 78.3 cm³/mol. The first-order chi connectivity index (χ1) is 10.3. The Morgan fingerprint density at radius 1 is 0.955 bits per heavy atom. The van der Waals surface area contributed by atoms with Gasteiger partial charge in [-0.3, -0.25) is 4.79 Å². The Bertz CT molecular complexity index is 696. The molecule has 0 saturated carbocycles. The number of carbonyl (C=O) groups is 1. The van der Waals surface area contributed by atoms with Crippen molar-refractivity contribution in [3.63, 3.8) is 0 Å². The summed E-state index contributed by atoms with van der Waals surface area (Å²) in [5, 5.41) is 9.59. The number of aliphatic hydroxyl groups excluding tert-OH is 1. The number of aliphatic hydroxyl groups is 1. The maximum atomic E-state index is 12.1. The van der Waals surface area contributed by atoms with E-state index in [9.17, 15) is 23.1 Å². The van der Waals surface area contributed by atoms with Crippen molar-refractivity contribution in [3.8, 4) is 11.1 Å². The smallest absolute Gasteiger partial charge is 0.454 e. The highest BCUT2D eigenvalue weighted by molar-refractivity contribution is 5.99. The maximum absolute atomic E-state index is 12.1. The van der Waals surface area contributed by atoms with E-state index in [1.807, 2.05) is 31.2 Å². The van der Waals surface area contributed by atoms with Crippen molar-refractivity contribution in [1.29, 1.82) is 0 Å². The Morgan fingerprint density at radius 3 is 1.86 bits per heavy atom. The Morgan fingerprint density at radius 2 is 1.41 bits per heavy atom. The molecule has 0 aromatic heterocycles. The molecule has 5 heteroatoms. The first-order valence-electron chi connectivity index (χ1n) is 6.46. The quantitative estimate of drug-likeness (QED) is 0.659. The summed E-state index contributed by atoms with van der Waals surface area (Å²) in [5.74, 6) is -2.80. The molecular weight excluding hydrogens is 293 g/mol. The fourth-order valence-electron chi connectivity index (χ4n) is 1.87. The van der Waals surface area contributed by atoms with E-state index in [4.69, 9.17) is 0 Å². The van der Waals surface area contributed by atoms with E-state index in [0.29, 0.717) is 0 Å². The average molecular weight is 306 g/mol. The third-order valence-corrected chi connectivity index (χ3v) is 3.11. The molecule has 2 aromatic carbocycles. The van der Waals surface area contributed by atoms with Gasteiger partial charge in [0.15, 0.2) is 0 Å². The van der Waals surface area contributed by atoms with E-state index < -0.39 is 17.7 Å². The van der Waals surface area contributed by atoms with Crippen LogP contribution >= 0.6 is 0 Å². The lowest BCUT2D eigenvalue weighted by atomic mass is 10.0. The summed E-state index contributed by atoms with van der Waals surface area (Å²) in [5.41, 5.74) is 3.07. The summed E-state index contributed by atoms with van der Waals surface area (Å²) < 4.78 is 36.4. The van der Waals surface area contributed by atoms with Gasteiger partial charge in [0.1, 0.15) is 5.76 Å². The van der Waals surface area contributed by atoms with Crippen LogP contribution in [-0.4, -0.2) is 17.1 Å². The number of aryl methyl sites for hydroxylation is 1. The van der Waals surface area contributed by atoms with Crippen molar-refractivity contribution in [1.82, 2.24) is 0 Å². The van der Waals surface area contributed by atoms with Gasteiger partial charge in [-0.05, 0) is 18.1 Å². The molecule has 114 valence electrons. The highest BCUT2D eigenvalue weighted by atomic mass is 19.4. The zero-order chi connectivity index (χ0) is 16.3. The molecule has 1 N–H and O–H groups in total. The van der Waals surface area contributed by atoms with Gasteiger partial charge in [-0.2, -0.15) is 13.2 Å². The lowest BCUT2D eigenvalue weighted by molar-refractivity contribution is -0.165. The van der Waals surface area contributed by atoms with Gasteiger partial charge in [0.05, 0.1) is 0 Å². The summed E-state index contributed by atoms with van der Waals surface area (Å²) in [6, 6.07) is 14.0. The number of carbonyl (C=O) groups excluding carboxylic acids is 1. The predicted octanol–water partition coefficient (Wildman–Crippen LogP) is 4.69. The fraction of sp³-hybridized carbons (Fsp3) is 0.118. The van der Waals surface area contributed by atoms with E-state index in [1.54, 1.807) is 12.1 Å². The lowest BCUT2D eigenvalue weighted by Gasteiger charge is -2.05. The third kappa shape index (κ3) is 3.75. The summed E-state index contributed by atoms with van der Waals surface area (Å²) in [6.07, 6.45) is -4.81. The van der Waals surface area contributed by atoms with Crippen molar-refractivity contribution < 1.29 is 23.1 Å². The second kappa shape index (κ2) is 6.05. The molecule has 0 unspecified atom stereocenters. The van der Waals surface area contributed by atoms with Crippen LogP contribution < -0.4 is 0 Å². The zero-order valence-corrected chi connectivity index (χ0v) is 11.7. The summed E-state index contributed by atoms with van der Waals surface area (Å²) in [7, 11) is 0. The molecule has 0 aliphatic heterocycles. The topological polar surface area (TPSA) is 37.3 Å². The summed E-state index contributed by atoms with van der Waals surface area (Å²) >= 11 is 0. The molecule has 0 atom stereocenters. The number of alkyl halides is 3. The van der Waals surface area contributed by atoms with Crippen molar-refractivity contribution in [2.75, 3.05) is 0 Å². The van der Waals surface area contributed by atoms with Gasteiger partial charge >= 0.3 is 6.18 Å². The molecule has 0 saturated heterocycles. The lowest BCUT2D eigenvalue weighted by Crippen LogP contribution is -2.20. The second-order valence-electron chi connectivity index (χ2n) is 4.83. The number of halogens is 3. The number of ketones is 1. The first kappa shape index (κ1) is 15.8. The molecule has 0 radical (unpaired) electrons. The van der Waals surface area contributed by atoms with E-state index in [-0.39, 0.29) is 11.6 Å². The molecular formula is C17H13F3O2. The van der Waals surface area contributed by atoms with Crippen LogP contribution in [0.2, 0.25) is 0 Å². The van der Waals surface area contributed by atoms with Crippen LogP contribution in [0.4, 0.5) is 13.2 Å². The van der Waals surface area contributed by atoms with Crippen LogP contribution in [0, 0.1) is 6.92 Å². The van der Waals surface area contributed by atoms with Gasteiger partial charge in [0.2, 0.25) is 0 Å². The van der Waals surface area contributed by atoms with Gasteiger partial charge in [0.25, 0.3) is 5.78 Å². The minimum atomic E-state index is -4.99. The van der Waals surface area contributed by atoms with E-state index in [0.717, 1.165) is 16.7 Å². The molecule has 0 spiro atoms. The number of allylic oxidation sites excluding steroid dienone is 1. The standard InChI is InChI=1S/C17H13F3O2/c1-11-2-4-12(5-3-11)13-6-8-14(9-7-13)15(21)10-16(22)17(18,19)20/h2-10,21H,1H3. The van der Waals surface area contributed by atoms with E-state index in [2.05, 4.69) is 0 Å². The molecule has 0 bridgehead atoms. The van der Waals surface area contributed by atoms with Crippen molar-refractivity contribution in [3.05, 3.63) is 65.7 Å². The van der Waals surface area contributed by atoms with Crippen LogP contribution in [0.5, 0.6) is 0 Å². The summed E-state index contributed by atoms with van der Waals surface area (Å²) in [4.78, 5) is 10.8. The Kier molecular flexibility index (Phi) is 4.35. The zero-order valence-electron chi connectivity index (χ0n) is 11.7.